The van der Waals surface area contributed by atoms with E-state index in [0.717, 1.165) is 17.3 Å². The van der Waals surface area contributed by atoms with Crippen LogP contribution in [0.4, 0.5) is 13.6 Å². The highest BCUT2D eigenvalue weighted by Gasteiger charge is 2.29. The van der Waals surface area contributed by atoms with Crippen LogP contribution in [0.2, 0.25) is 5.02 Å². The normalized spacial score (nSPS) is 16.1. The van der Waals surface area contributed by atoms with Crippen LogP contribution in [0.15, 0.2) is 47.6 Å². The molecule has 1 heterocycles. The van der Waals surface area contributed by atoms with Crippen molar-refractivity contribution in [2.45, 2.75) is 45.4 Å². The van der Waals surface area contributed by atoms with Gasteiger partial charge in [0.15, 0.2) is 6.10 Å². The first kappa shape index (κ1) is 22.0. The number of benzene rings is 2. The van der Waals surface area contributed by atoms with Crippen molar-refractivity contribution in [2.75, 3.05) is 6.54 Å². The number of nitrogens with zero attached hydrogens (tertiary/aromatic N) is 2. The Morgan fingerprint density at radius 1 is 1.23 bits per heavy atom. The molecule has 0 aromatic heterocycles. The Kier molecular flexibility index (Phi) is 6.61. The van der Waals surface area contributed by atoms with Crippen molar-refractivity contribution in [3.05, 3.63) is 70.2 Å². The summed E-state index contributed by atoms with van der Waals surface area (Å²) in [5.74, 6) is -1.36. The van der Waals surface area contributed by atoms with Crippen molar-refractivity contribution in [2.24, 2.45) is 5.16 Å². The molecule has 0 aliphatic carbocycles. The third-order valence-corrected chi connectivity index (χ3v) is 4.73. The Labute approximate surface area is 179 Å². The Hall–Kier alpha value is -2.67. The van der Waals surface area contributed by atoms with Gasteiger partial charge in [-0.2, -0.15) is 0 Å². The lowest BCUT2D eigenvalue weighted by Gasteiger charge is -2.29. The van der Waals surface area contributed by atoms with Crippen LogP contribution in [0, 0.1) is 11.6 Å². The van der Waals surface area contributed by atoms with Crippen LogP contribution in [0.3, 0.4) is 0 Å². The molecule has 1 aliphatic heterocycles. The predicted octanol–water partition coefficient (Wildman–Crippen LogP) is 5.12. The number of amides is 2. The average molecular weight is 436 g/mol. The number of oxime groups is 1. The highest BCUT2D eigenvalue weighted by Crippen LogP contribution is 2.21. The lowest BCUT2D eigenvalue weighted by Crippen LogP contribution is -2.50. The van der Waals surface area contributed by atoms with Gasteiger partial charge >= 0.3 is 6.03 Å². The molecule has 2 aromatic rings. The van der Waals surface area contributed by atoms with Crippen LogP contribution in [0.1, 0.15) is 38.3 Å². The number of rotatable bonds is 5. The maximum Gasteiger partial charge on any atom is 0.318 e. The van der Waals surface area contributed by atoms with Gasteiger partial charge in [-0.25, -0.2) is 13.6 Å². The van der Waals surface area contributed by atoms with E-state index in [2.05, 4.69) is 10.5 Å². The summed E-state index contributed by atoms with van der Waals surface area (Å²) < 4.78 is 27.4. The van der Waals surface area contributed by atoms with E-state index in [1.165, 1.54) is 17.0 Å². The summed E-state index contributed by atoms with van der Waals surface area (Å²) >= 11 is 5.93. The molecule has 0 saturated carbocycles. The van der Waals surface area contributed by atoms with Crippen molar-refractivity contribution in [3.63, 3.8) is 0 Å². The van der Waals surface area contributed by atoms with Gasteiger partial charge in [0, 0.05) is 28.6 Å². The molecular formula is C22H24ClF2N3O2. The molecule has 0 unspecified atom stereocenters. The summed E-state index contributed by atoms with van der Waals surface area (Å²) in [5, 5.41) is 7.63. The van der Waals surface area contributed by atoms with Crippen molar-refractivity contribution in [1.82, 2.24) is 10.2 Å². The quantitative estimate of drug-likeness (QED) is 0.708. The van der Waals surface area contributed by atoms with Crippen molar-refractivity contribution in [3.8, 4) is 0 Å². The monoisotopic (exact) mass is 435 g/mol. The van der Waals surface area contributed by atoms with Gasteiger partial charge in [-0.05, 0) is 44.5 Å². The largest absolute Gasteiger partial charge is 0.390 e. The molecule has 1 atom stereocenters. The number of nitrogens with one attached hydrogen (secondary N) is 1. The van der Waals surface area contributed by atoms with Crippen LogP contribution in [0.25, 0.3) is 0 Å². The summed E-state index contributed by atoms with van der Waals surface area (Å²) in [6.45, 7) is 5.74. The van der Waals surface area contributed by atoms with Gasteiger partial charge in [-0.1, -0.05) is 35.0 Å². The molecule has 30 heavy (non-hydrogen) atoms. The van der Waals surface area contributed by atoms with Crippen molar-refractivity contribution < 1.29 is 18.4 Å². The Morgan fingerprint density at radius 2 is 1.93 bits per heavy atom. The van der Waals surface area contributed by atoms with E-state index in [1.54, 1.807) is 12.1 Å². The smallest absolute Gasteiger partial charge is 0.318 e. The van der Waals surface area contributed by atoms with E-state index >= 15 is 0 Å². The first-order chi connectivity index (χ1) is 14.1. The van der Waals surface area contributed by atoms with E-state index in [-0.39, 0.29) is 30.8 Å². The summed E-state index contributed by atoms with van der Waals surface area (Å²) in [7, 11) is 0. The number of carbonyl (C=O) groups is 1. The average Bonchev–Trinajstić information content (AvgIpc) is 3.11. The topological polar surface area (TPSA) is 53.9 Å². The van der Waals surface area contributed by atoms with Crippen molar-refractivity contribution >= 4 is 23.3 Å². The lowest BCUT2D eigenvalue weighted by atomic mass is 10.0. The Morgan fingerprint density at radius 3 is 2.57 bits per heavy atom. The minimum absolute atomic E-state index is 0.0236. The van der Waals surface area contributed by atoms with E-state index in [9.17, 15) is 13.6 Å². The Bertz CT molecular complexity index is 942. The molecule has 1 aliphatic rings. The highest BCUT2D eigenvalue weighted by molar-refractivity contribution is 6.30. The number of halogens is 3. The van der Waals surface area contributed by atoms with Gasteiger partial charge in [0.1, 0.15) is 11.6 Å². The zero-order valence-corrected chi connectivity index (χ0v) is 17.8. The SMILES string of the molecule is CC(C)(C)NC(=O)N(Cc1ccc(F)cc1F)C[C@H]1CC(c2ccc(Cl)cc2)=NO1. The third-order valence-electron chi connectivity index (χ3n) is 4.48. The van der Waals surface area contributed by atoms with Gasteiger partial charge < -0.3 is 15.1 Å². The second kappa shape index (κ2) is 9.00. The van der Waals surface area contributed by atoms with E-state index in [0.29, 0.717) is 11.4 Å². The molecule has 0 saturated heterocycles. The van der Waals surface area contributed by atoms with Crippen LogP contribution in [-0.2, 0) is 11.4 Å². The second-order valence-corrected chi connectivity index (χ2v) is 8.71. The molecule has 0 radical (unpaired) electrons. The van der Waals surface area contributed by atoms with Gasteiger partial charge in [-0.3, -0.25) is 0 Å². The zero-order chi connectivity index (χ0) is 21.9. The molecular weight excluding hydrogens is 412 g/mol. The molecule has 0 spiro atoms. The van der Waals surface area contributed by atoms with E-state index in [1.807, 2.05) is 32.9 Å². The maximum absolute atomic E-state index is 14.2. The van der Waals surface area contributed by atoms with Crippen molar-refractivity contribution in [1.29, 1.82) is 0 Å². The molecule has 1 N–H and O–H groups in total. The predicted molar refractivity (Wildman–Crippen MR) is 113 cm³/mol. The molecule has 2 aromatic carbocycles. The molecule has 2 amide bonds. The fourth-order valence-electron chi connectivity index (χ4n) is 3.06. The number of carbonyl (C=O) groups excluding carboxylic acids is 1. The van der Waals surface area contributed by atoms with E-state index in [4.69, 9.17) is 16.4 Å². The van der Waals surface area contributed by atoms with Crippen LogP contribution in [-0.4, -0.2) is 34.8 Å². The molecule has 8 heteroatoms. The third kappa shape index (κ3) is 5.92. The molecule has 5 nitrogen and oxygen atoms in total. The molecule has 160 valence electrons. The van der Waals surface area contributed by atoms with Crippen LogP contribution in [0.5, 0.6) is 0 Å². The minimum Gasteiger partial charge on any atom is -0.390 e. The van der Waals surface area contributed by atoms with Gasteiger partial charge in [0.05, 0.1) is 18.8 Å². The van der Waals surface area contributed by atoms with Crippen LogP contribution >= 0.6 is 11.6 Å². The van der Waals surface area contributed by atoms with Crippen LogP contribution < -0.4 is 5.32 Å². The fourth-order valence-corrected chi connectivity index (χ4v) is 3.19. The first-order valence-electron chi connectivity index (χ1n) is 9.60. The number of hydrogen-bond donors (Lipinski definition) is 1. The fraction of sp³-hybridized carbons (Fsp3) is 0.364. The number of urea groups is 1. The van der Waals surface area contributed by atoms with Gasteiger partial charge in [0.25, 0.3) is 0 Å². The van der Waals surface area contributed by atoms with Gasteiger partial charge in [-0.15, -0.1) is 0 Å². The molecule has 0 bridgehead atoms. The second-order valence-electron chi connectivity index (χ2n) is 8.27. The molecule has 3 rings (SSSR count). The lowest BCUT2D eigenvalue weighted by molar-refractivity contribution is 0.0578. The molecule has 0 fully saturated rings. The standard InChI is InChI=1S/C22H24ClF2N3O2/c1-22(2,3)26-21(29)28(12-15-6-9-17(24)10-19(15)25)13-18-11-20(27-30-18)14-4-7-16(23)8-5-14/h4-10,18H,11-13H2,1-3H3,(H,26,29)/t18-/m1/s1. The highest BCUT2D eigenvalue weighted by atomic mass is 35.5. The number of hydrogen-bond acceptors (Lipinski definition) is 3. The minimum atomic E-state index is -0.700. The Balaban J connectivity index is 1.72. The van der Waals surface area contributed by atoms with E-state index < -0.39 is 17.2 Å². The summed E-state index contributed by atoms with van der Waals surface area (Å²) in [4.78, 5) is 19.8. The first-order valence-corrected chi connectivity index (χ1v) is 9.98. The maximum atomic E-state index is 14.2. The summed E-state index contributed by atoms with van der Waals surface area (Å²) in [5.41, 5.74) is 1.38. The summed E-state index contributed by atoms with van der Waals surface area (Å²) in [6.07, 6.45) is 0.109. The summed E-state index contributed by atoms with van der Waals surface area (Å²) in [6, 6.07) is 10.2. The zero-order valence-electron chi connectivity index (χ0n) is 17.1. The van der Waals surface area contributed by atoms with Gasteiger partial charge in [0.2, 0.25) is 0 Å².